The molecule has 0 fully saturated rings. The third-order valence-corrected chi connectivity index (χ3v) is 3.74. The Kier molecular flexibility index (Phi) is 13.9. The lowest BCUT2D eigenvalue weighted by Gasteiger charge is -2.26. The van der Waals surface area contributed by atoms with Crippen LogP contribution in [0.2, 0.25) is 0 Å². The van der Waals surface area contributed by atoms with E-state index in [0.717, 1.165) is 12.8 Å². The van der Waals surface area contributed by atoms with Crippen LogP contribution in [0.4, 0.5) is 8.78 Å². The number of hydrogen-bond acceptors (Lipinski definition) is 2. The molecule has 0 aliphatic heterocycles. The lowest BCUT2D eigenvalue weighted by Crippen LogP contribution is -2.32. The summed E-state index contributed by atoms with van der Waals surface area (Å²) < 4.78 is 25.7. The molecule has 140 valence electrons. The molecule has 0 amide bonds. The summed E-state index contributed by atoms with van der Waals surface area (Å²) in [5.41, 5.74) is -0.0565. The predicted molar refractivity (Wildman–Crippen MR) is 96.7 cm³/mol. The second kappa shape index (κ2) is 13.2. The van der Waals surface area contributed by atoms with Gasteiger partial charge in [0.2, 0.25) is 0 Å². The van der Waals surface area contributed by atoms with Gasteiger partial charge in [-0.25, -0.2) is 8.78 Å². The van der Waals surface area contributed by atoms with Crippen LogP contribution in [0.15, 0.2) is 0 Å². The van der Waals surface area contributed by atoms with E-state index in [2.05, 4.69) is 44.5 Å². The molecule has 24 heavy (non-hydrogen) atoms. The van der Waals surface area contributed by atoms with E-state index in [1.165, 1.54) is 13.3 Å². The summed E-state index contributed by atoms with van der Waals surface area (Å²) in [6, 6.07) is 0. The van der Waals surface area contributed by atoms with Crippen molar-refractivity contribution in [3.63, 3.8) is 0 Å². The molecule has 2 N–H and O–H groups in total. The summed E-state index contributed by atoms with van der Waals surface area (Å²) in [4.78, 5) is 0. The van der Waals surface area contributed by atoms with Crippen LogP contribution in [0.5, 0.6) is 0 Å². The van der Waals surface area contributed by atoms with E-state index in [1.54, 1.807) is 6.92 Å². The van der Waals surface area contributed by atoms with Gasteiger partial charge in [0.15, 0.2) is 6.10 Å². The smallest absolute Gasteiger partial charge is 0.284 e. The Morgan fingerprint density at radius 1 is 0.833 bits per heavy atom. The van der Waals surface area contributed by atoms with Crippen molar-refractivity contribution in [3.8, 4) is 23.7 Å². The average molecular weight is 344 g/mol. The van der Waals surface area contributed by atoms with Crippen LogP contribution in [0.25, 0.3) is 0 Å². The first-order valence-electron chi connectivity index (χ1n) is 8.67. The van der Waals surface area contributed by atoms with E-state index in [0.29, 0.717) is 12.8 Å². The highest BCUT2D eigenvalue weighted by atomic mass is 19.3. The first-order valence-corrected chi connectivity index (χ1v) is 8.67. The third-order valence-electron chi connectivity index (χ3n) is 3.74. The normalized spacial score (nSPS) is 13.4. The Morgan fingerprint density at radius 3 is 1.67 bits per heavy atom. The molecule has 2 nitrogen and oxygen atoms in total. The number of halogens is 2. The Balaban J connectivity index is 0. The van der Waals surface area contributed by atoms with Crippen molar-refractivity contribution in [3.05, 3.63) is 0 Å². The maximum Gasteiger partial charge on any atom is 0.284 e. The monoisotopic (exact) mass is 344 g/mol. The predicted octanol–water partition coefficient (Wildman–Crippen LogP) is 4.78. The zero-order valence-electron chi connectivity index (χ0n) is 16.0. The van der Waals surface area contributed by atoms with Gasteiger partial charge < -0.3 is 10.2 Å². The van der Waals surface area contributed by atoms with Gasteiger partial charge in [0.25, 0.3) is 5.92 Å². The summed E-state index contributed by atoms with van der Waals surface area (Å²) >= 11 is 0. The highest BCUT2D eigenvalue weighted by molar-refractivity contribution is 5.07. The first kappa shape index (κ1) is 25.1. The van der Waals surface area contributed by atoms with Crippen LogP contribution in [0, 0.1) is 29.1 Å². The van der Waals surface area contributed by atoms with Crippen molar-refractivity contribution >= 4 is 0 Å². The van der Waals surface area contributed by atoms with Gasteiger partial charge in [0.05, 0.1) is 0 Å². The Morgan fingerprint density at radius 2 is 1.25 bits per heavy atom. The summed E-state index contributed by atoms with van der Waals surface area (Å²) in [7, 11) is 0. The molecule has 0 aromatic rings. The molecular formula is C20H34F2O2. The van der Waals surface area contributed by atoms with E-state index in [-0.39, 0.29) is 11.8 Å². The molecule has 0 aromatic carbocycles. The summed E-state index contributed by atoms with van der Waals surface area (Å²) in [5, 5.41) is 18.5. The number of aliphatic hydroxyl groups is 2. The molecule has 0 spiro atoms. The standard InChI is InChI=1S/C11H20O.C9H14F2O/c1-5-7-9-11(3,4)10(12)8-6-2;1-3-5-7-9(10,11)8(12)6-4-2/h10,12H,5,7,9H2,1-4H3;8,12H,3,5,7H2,1-2H3/t10-;8-/m00/s1. The van der Waals surface area contributed by atoms with Crippen LogP contribution in [-0.2, 0) is 0 Å². The highest BCUT2D eigenvalue weighted by Gasteiger charge is 2.36. The van der Waals surface area contributed by atoms with E-state index in [9.17, 15) is 13.9 Å². The van der Waals surface area contributed by atoms with Gasteiger partial charge in [-0.3, -0.25) is 0 Å². The van der Waals surface area contributed by atoms with Crippen molar-refractivity contribution in [2.45, 2.75) is 98.2 Å². The topological polar surface area (TPSA) is 40.5 Å². The number of rotatable bonds is 8. The van der Waals surface area contributed by atoms with Gasteiger partial charge in [-0.15, -0.1) is 11.8 Å². The molecule has 0 unspecified atom stereocenters. The van der Waals surface area contributed by atoms with Crippen molar-refractivity contribution in [2.24, 2.45) is 5.41 Å². The van der Waals surface area contributed by atoms with Crippen LogP contribution in [0.3, 0.4) is 0 Å². The van der Waals surface area contributed by atoms with E-state index >= 15 is 0 Å². The zero-order valence-corrected chi connectivity index (χ0v) is 16.0. The van der Waals surface area contributed by atoms with Crippen molar-refractivity contribution in [2.75, 3.05) is 0 Å². The largest absolute Gasteiger partial charge is 0.380 e. The zero-order chi connectivity index (χ0) is 19.2. The molecular weight excluding hydrogens is 310 g/mol. The van der Waals surface area contributed by atoms with Crippen molar-refractivity contribution < 1.29 is 19.0 Å². The van der Waals surface area contributed by atoms with Gasteiger partial charge in [0, 0.05) is 11.8 Å². The van der Waals surface area contributed by atoms with Gasteiger partial charge in [-0.2, -0.15) is 0 Å². The van der Waals surface area contributed by atoms with Gasteiger partial charge in [0.1, 0.15) is 6.10 Å². The molecule has 0 rings (SSSR count). The van der Waals surface area contributed by atoms with Crippen LogP contribution >= 0.6 is 0 Å². The summed E-state index contributed by atoms with van der Waals surface area (Å²) in [6.07, 6.45) is 1.91. The van der Waals surface area contributed by atoms with Crippen molar-refractivity contribution in [1.29, 1.82) is 0 Å². The number of unbranched alkanes of at least 4 members (excludes halogenated alkanes) is 2. The van der Waals surface area contributed by atoms with Gasteiger partial charge in [-0.1, -0.05) is 58.8 Å². The molecule has 0 aliphatic rings. The minimum atomic E-state index is -3.06. The summed E-state index contributed by atoms with van der Waals surface area (Å²) in [5.74, 6) is 6.81. The minimum absolute atomic E-state index is 0.0565. The SMILES string of the molecule is CC#C[C@H](O)C(C)(C)CCCC.CC#C[C@H](O)C(F)(F)CCCC. The van der Waals surface area contributed by atoms with Crippen LogP contribution < -0.4 is 0 Å². The molecule has 0 saturated heterocycles. The Bertz CT molecular complexity index is 394. The second-order valence-corrected chi connectivity index (χ2v) is 6.55. The van der Waals surface area contributed by atoms with Crippen molar-refractivity contribution in [1.82, 2.24) is 0 Å². The fourth-order valence-corrected chi connectivity index (χ4v) is 1.89. The molecule has 0 aromatic heterocycles. The van der Waals surface area contributed by atoms with E-state index < -0.39 is 18.1 Å². The fraction of sp³-hybridized carbons (Fsp3) is 0.800. The highest BCUT2D eigenvalue weighted by Crippen LogP contribution is 2.27. The molecule has 4 heteroatoms. The average Bonchev–Trinajstić information content (AvgIpc) is 2.52. The first-order chi connectivity index (χ1) is 11.1. The number of aliphatic hydroxyl groups excluding tert-OH is 2. The quantitative estimate of drug-likeness (QED) is 0.622. The third kappa shape index (κ3) is 11.4. The number of hydrogen-bond donors (Lipinski definition) is 2. The molecule has 0 bridgehead atoms. The molecule has 0 saturated carbocycles. The lowest BCUT2D eigenvalue weighted by atomic mass is 9.82. The fourth-order valence-electron chi connectivity index (χ4n) is 1.89. The van der Waals surface area contributed by atoms with Crippen LogP contribution in [0.1, 0.15) is 80.1 Å². The van der Waals surface area contributed by atoms with Gasteiger partial charge >= 0.3 is 0 Å². The maximum absolute atomic E-state index is 12.8. The molecule has 2 atom stereocenters. The summed E-state index contributed by atoms with van der Waals surface area (Å²) in [6.45, 7) is 11.3. The Labute approximate surface area is 147 Å². The maximum atomic E-state index is 12.8. The minimum Gasteiger partial charge on any atom is -0.380 e. The molecule has 0 aliphatic carbocycles. The van der Waals surface area contributed by atoms with E-state index in [4.69, 9.17) is 5.11 Å². The van der Waals surface area contributed by atoms with Crippen LogP contribution in [-0.4, -0.2) is 28.3 Å². The lowest BCUT2D eigenvalue weighted by molar-refractivity contribution is -0.0888. The Hall–Kier alpha value is -1.10. The molecule has 0 heterocycles. The molecule has 0 radical (unpaired) electrons. The second-order valence-electron chi connectivity index (χ2n) is 6.55. The number of alkyl halides is 2. The van der Waals surface area contributed by atoms with E-state index in [1.807, 2.05) is 6.92 Å². The van der Waals surface area contributed by atoms with Gasteiger partial charge in [-0.05, 0) is 26.7 Å².